The molecule has 0 bridgehead atoms. The lowest BCUT2D eigenvalue weighted by atomic mass is 9.88. The Kier molecular flexibility index (Phi) is 16.1. The highest BCUT2D eigenvalue weighted by molar-refractivity contribution is 5.96. The summed E-state index contributed by atoms with van der Waals surface area (Å²) in [6.45, 7) is 5.93. The number of phenolic OH excluding ortho intramolecular Hbond substituents is 4. The van der Waals surface area contributed by atoms with Gasteiger partial charge in [-0.3, -0.25) is 9.59 Å². The maximum Gasteiger partial charge on any atom is 0.336 e. The first-order chi connectivity index (χ1) is 30.2. The fourth-order valence-electron chi connectivity index (χ4n) is 6.71. The van der Waals surface area contributed by atoms with Crippen LogP contribution in [0.2, 0.25) is 0 Å². The molecule has 2 fully saturated rings. The third-order valence-electron chi connectivity index (χ3n) is 10.3. The molecule has 2 aliphatic rings. The Bertz CT molecular complexity index is 2510. The molecule has 64 heavy (non-hydrogen) atoms. The van der Waals surface area contributed by atoms with Gasteiger partial charge in [-0.05, 0) is 39.8 Å². The molecule has 19 nitrogen and oxygen atoms in total. The van der Waals surface area contributed by atoms with Crippen molar-refractivity contribution >= 4 is 33.9 Å². The summed E-state index contributed by atoms with van der Waals surface area (Å²) >= 11 is 0. The van der Waals surface area contributed by atoms with Crippen LogP contribution in [0.3, 0.4) is 0 Å². The fourth-order valence-corrected chi connectivity index (χ4v) is 6.71. The van der Waals surface area contributed by atoms with Crippen molar-refractivity contribution < 1.29 is 89.1 Å². The molecule has 11 N–H and O–H groups in total. The molecular formula is C45H50O19. The van der Waals surface area contributed by atoms with E-state index in [9.17, 15) is 70.6 Å². The van der Waals surface area contributed by atoms with Crippen LogP contribution < -0.4 is 5.43 Å². The van der Waals surface area contributed by atoms with Gasteiger partial charge in [0.1, 0.15) is 82.6 Å². The van der Waals surface area contributed by atoms with E-state index < -0.39 is 126 Å². The van der Waals surface area contributed by atoms with Gasteiger partial charge in [0.2, 0.25) is 11.7 Å². The number of esters is 2. The number of benzene rings is 2. The van der Waals surface area contributed by atoms with Gasteiger partial charge >= 0.3 is 11.9 Å². The molecule has 1 aromatic heterocycles. The Morgan fingerprint density at radius 3 is 1.89 bits per heavy atom. The first-order valence-electron chi connectivity index (χ1n) is 19.7. The quantitative estimate of drug-likeness (QED) is 0.0292. The van der Waals surface area contributed by atoms with Crippen molar-refractivity contribution in [3.8, 4) is 23.0 Å². The molecule has 0 radical (unpaired) electrons. The third kappa shape index (κ3) is 11.1. The molecule has 19 heteroatoms. The minimum atomic E-state index is -1.96. The highest BCUT2D eigenvalue weighted by atomic mass is 16.7. The fraction of sp³-hybridized carbons (Fsp3) is 0.356. The molecule has 2 saturated heterocycles. The summed E-state index contributed by atoms with van der Waals surface area (Å²) in [5.74, 6) is -4.48. The highest BCUT2D eigenvalue weighted by Crippen LogP contribution is 2.45. The predicted molar refractivity (Wildman–Crippen MR) is 225 cm³/mol. The number of phenols is 4. The number of aliphatic hydroxyl groups is 7. The normalized spacial score (nSPS) is 27.6. The molecule has 2 aliphatic heterocycles. The van der Waals surface area contributed by atoms with Gasteiger partial charge < -0.3 is 79.5 Å². The molecule has 0 aliphatic carbocycles. The minimum Gasteiger partial charge on any atom is -0.507 e. The van der Waals surface area contributed by atoms with Crippen molar-refractivity contribution in [3.63, 3.8) is 0 Å². The highest BCUT2D eigenvalue weighted by Gasteiger charge is 2.48. The van der Waals surface area contributed by atoms with Gasteiger partial charge in [-0.1, -0.05) is 65.8 Å². The summed E-state index contributed by atoms with van der Waals surface area (Å²) in [6.07, 6.45) is -0.710. The molecule has 0 saturated carbocycles. The van der Waals surface area contributed by atoms with E-state index >= 15 is 0 Å². The SMILES string of the molecule is C/C(=C/C=C/C(C)=C/C=C/C=C(C)/C=C\C=C(/C)OC(=O)CC1OC(c2c(O)cc3oc4cc(O)c(O)cc4c(=O)c3c2O)C(O)C(O)C1O)C(=O)OC1OC(CO)C(O)C(O)C1O. The molecule has 2 aromatic carbocycles. The second-order valence-electron chi connectivity index (χ2n) is 15.2. The summed E-state index contributed by atoms with van der Waals surface area (Å²) < 4.78 is 26.9. The number of aliphatic hydroxyl groups excluding tert-OH is 7. The molecular weight excluding hydrogens is 844 g/mol. The molecule has 5 rings (SSSR count). The largest absolute Gasteiger partial charge is 0.507 e. The van der Waals surface area contributed by atoms with Crippen LogP contribution in [-0.4, -0.2) is 130 Å². The van der Waals surface area contributed by atoms with Gasteiger partial charge in [-0.15, -0.1) is 0 Å². The first kappa shape index (κ1) is 48.9. The lowest BCUT2D eigenvalue weighted by Crippen LogP contribution is -2.59. The van der Waals surface area contributed by atoms with E-state index in [2.05, 4.69) is 0 Å². The second-order valence-corrected chi connectivity index (χ2v) is 15.2. The lowest BCUT2D eigenvalue weighted by Gasteiger charge is -2.40. The summed E-state index contributed by atoms with van der Waals surface area (Å²) in [7, 11) is 0. The Morgan fingerprint density at radius 1 is 0.672 bits per heavy atom. The van der Waals surface area contributed by atoms with E-state index in [4.69, 9.17) is 23.4 Å². The molecule has 0 amide bonds. The van der Waals surface area contributed by atoms with Crippen LogP contribution in [0.1, 0.15) is 45.8 Å². The Labute approximate surface area is 364 Å². The van der Waals surface area contributed by atoms with Crippen molar-refractivity contribution in [3.05, 3.63) is 117 Å². The van der Waals surface area contributed by atoms with Crippen molar-refractivity contribution in [2.75, 3.05) is 6.61 Å². The van der Waals surface area contributed by atoms with Crippen LogP contribution in [0.15, 0.2) is 111 Å². The lowest BCUT2D eigenvalue weighted by molar-refractivity contribution is -0.291. The molecule has 0 spiro atoms. The van der Waals surface area contributed by atoms with Crippen LogP contribution in [0.25, 0.3) is 21.9 Å². The molecule has 3 heterocycles. The van der Waals surface area contributed by atoms with Gasteiger partial charge in [0.15, 0.2) is 11.5 Å². The molecule has 344 valence electrons. The topological polar surface area (TPSA) is 324 Å². The maximum absolute atomic E-state index is 13.3. The number of hydrogen-bond acceptors (Lipinski definition) is 19. The van der Waals surface area contributed by atoms with E-state index in [0.29, 0.717) is 0 Å². The smallest absolute Gasteiger partial charge is 0.336 e. The minimum absolute atomic E-state index is 0.145. The van der Waals surface area contributed by atoms with E-state index in [0.717, 1.165) is 29.3 Å². The molecule has 10 unspecified atom stereocenters. The third-order valence-corrected chi connectivity index (χ3v) is 10.3. The van der Waals surface area contributed by atoms with Gasteiger partial charge in [0.05, 0.1) is 30.1 Å². The average Bonchev–Trinajstić information content (AvgIpc) is 3.23. The van der Waals surface area contributed by atoms with Crippen LogP contribution in [-0.2, 0) is 28.5 Å². The van der Waals surface area contributed by atoms with Crippen LogP contribution >= 0.6 is 0 Å². The summed E-state index contributed by atoms with van der Waals surface area (Å²) in [6, 6.07) is 2.82. The molecule has 3 aromatic rings. The number of aromatic hydroxyl groups is 4. The van der Waals surface area contributed by atoms with Crippen LogP contribution in [0.4, 0.5) is 0 Å². The Balaban J connectivity index is 1.15. The van der Waals surface area contributed by atoms with Crippen molar-refractivity contribution in [1.29, 1.82) is 0 Å². The van der Waals surface area contributed by atoms with Crippen molar-refractivity contribution in [2.24, 2.45) is 0 Å². The Morgan fingerprint density at radius 2 is 1.25 bits per heavy atom. The Hall–Kier alpha value is -6.13. The van der Waals surface area contributed by atoms with Gasteiger partial charge in [-0.2, -0.15) is 0 Å². The zero-order chi connectivity index (χ0) is 47.2. The maximum atomic E-state index is 13.3. The summed E-state index contributed by atoms with van der Waals surface area (Å²) in [5.41, 5.74) is -0.164. The van der Waals surface area contributed by atoms with Gasteiger partial charge in [0, 0.05) is 17.7 Å². The summed E-state index contributed by atoms with van der Waals surface area (Å²) in [5, 5.41) is 112. The molecule has 10 atom stereocenters. The van der Waals surface area contributed by atoms with Gasteiger partial charge in [0.25, 0.3) is 0 Å². The number of carbonyl (C=O) groups excluding carboxylic acids is 2. The number of hydrogen-bond donors (Lipinski definition) is 11. The predicted octanol–water partition coefficient (Wildman–Crippen LogP) is 1.98. The van der Waals surface area contributed by atoms with Crippen molar-refractivity contribution in [1.82, 2.24) is 0 Å². The second kappa shape index (κ2) is 21.0. The number of carbonyl (C=O) groups is 2. The first-order valence-corrected chi connectivity index (χ1v) is 19.7. The average molecular weight is 895 g/mol. The van der Waals surface area contributed by atoms with E-state index in [1.165, 1.54) is 26.0 Å². The van der Waals surface area contributed by atoms with Crippen molar-refractivity contribution in [2.45, 2.75) is 95.3 Å². The zero-order valence-electron chi connectivity index (χ0n) is 34.9. The van der Waals surface area contributed by atoms with Crippen LogP contribution in [0.5, 0.6) is 23.0 Å². The standard InChI is InChI=1S/C45H50O19/c1-20(11-7-13-22(3)44(59)64-45-42(58)40(56)37(53)31(19-46)63-45)9-5-6-10-21(2)12-8-14-23(4)60-32(50)18-30-36(52)39(55)41(57)43(62-30)33-27(49)17-29-34(38(33)54)35(51)24-15-25(47)26(48)16-28(24)61-29/h5-17,30-31,36-37,39-43,45-49,52-58H,18-19H2,1-4H3/b6-5+,11-7+,12-8-,20-9+,21-10+,22-13-,23-14+. The monoisotopic (exact) mass is 894 g/mol. The number of rotatable bonds is 13. The number of ether oxygens (including phenoxy) is 4. The van der Waals surface area contributed by atoms with E-state index in [-0.39, 0.29) is 27.9 Å². The zero-order valence-corrected chi connectivity index (χ0v) is 34.9. The van der Waals surface area contributed by atoms with E-state index in [1.807, 2.05) is 13.8 Å². The summed E-state index contributed by atoms with van der Waals surface area (Å²) in [4.78, 5) is 38.7. The van der Waals surface area contributed by atoms with Crippen LogP contribution in [0, 0.1) is 0 Å². The number of fused-ring (bicyclic) bond motifs is 2. The van der Waals surface area contributed by atoms with E-state index in [1.54, 1.807) is 48.6 Å². The number of allylic oxidation sites excluding steroid dienone is 13. The van der Waals surface area contributed by atoms with Gasteiger partial charge in [-0.25, -0.2) is 4.79 Å².